The number of pyridine rings is 1. The van der Waals surface area contributed by atoms with Crippen molar-refractivity contribution in [3.05, 3.63) is 55.9 Å². The van der Waals surface area contributed by atoms with Crippen molar-refractivity contribution in [2.24, 2.45) is 0 Å². The summed E-state index contributed by atoms with van der Waals surface area (Å²) in [7, 11) is 0. The molecule has 0 aliphatic rings. The lowest BCUT2D eigenvalue weighted by Crippen LogP contribution is -1.93. The van der Waals surface area contributed by atoms with Crippen LogP contribution in [0.3, 0.4) is 0 Å². The molecule has 0 amide bonds. The highest BCUT2D eigenvalue weighted by Crippen LogP contribution is 2.28. The van der Waals surface area contributed by atoms with Gasteiger partial charge in [0, 0.05) is 10.5 Å². The van der Waals surface area contributed by atoms with E-state index < -0.39 is 10.7 Å². The van der Waals surface area contributed by atoms with Gasteiger partial charge in [-0.05, 0) is 12.1 Å². The quantitative estimate of drug-likeness (QED) is 0.471. The molecule has 5 nitrogen and oxygen atoms in total. The van der Waals surface area contributed by atoms with Gasteiger partial charge in [0.1, 0.15) is 16.7 Å². The Balaban J connectivity index is 2.35. The number of nitro groups is 1. The third kappa shape index (κ3) is 3.62. The van der Waals surface area contributed by atoms with Gasteiger partial charge in [-0.25, -0.2) is 9.37 Å². The lowest BCUT2D eigenvalue weighted by atomic mass is 10.3. The maximum Gasteiger partial charge on any atom is 0.277 e. The molecule has 0 atom stereocenters. The Morgan fingerprint density at radius 1 is 1.32 bits per heavy atom. The topological polar surface area (TPSA) is 65.3 Å². The lowest BCUT2D eigenvalue weighted by Gasteiger charge is -2.05. The van der Waals surface area contributed by atoms with E-state index in [9.17, 15) is 14.5 Å². The van der Waals surface area contributed by atoms with Crippen LogP contribution in [-0.4, -0.2) is 9.91 Å². The molecular weight excluding hydrogens is 342 g/mol. The van der Waals surface area contributed by atoms with Crippen LogP contribution in [0.15, 0.2) is 34.8 Å². The first-order chi connectivity index (χ1) is 8.94. The van der Waals surface area contributed by atoms with Crippen molar-refractivity contribution in [2.45, 2.75) is 0 Å². The van der Waals surface area contributed by atoms with Gasteiger partial charge in [-0.1, -0.05) is 27.5 Å². The summed E-state index contributed by atoms with van der Waals surface area (Å²) in [5.41, 5.74) is -0.259. The molecule has 98 valence electrons. The maximum atomic E-state index is 13.2. The van der Waals surface area contributed by atoms with Gasteiger partial charge in [-0.15, -0.1) is 0 Å². The van der Waals surface area contributed by atoms with E-state index in [0.29, 0.717) is 4.47 Å². The molecule has 0 bridgehead atoms. The van der Waals surface area contributed by atoms with E-state index in [1.165, 1.54) is 12.1 Å². The highest BCUT2D eigenvalue weighted by molar-refractivity contribution is 9.10. The average Bonchev–Trinajstić information content (AvgIpc) is 2.26. The molecule has 1 aromatic carbocycles. The number of halogens is 3. The van der Waals surface area contributed by atoms with Crippen LogP contribution in [0.2, 0.25) is 5.15 Å². The number of hydrogen-bond acceptors (Lipinski definition) is 4. The second-order valence-corrected chi connectivity index (χ2v) is 4.75. The van der Waals surface area contributed by atoms with Crippen molar-refractivity contribution in [1.29, 1.82) is 0 Å². The Morgan fingerprint density at radius 2 is 2.05 bits per heavy atom. The number of nitrogens with zero attached hydrogens (tertiary/aromatic N) is 2. The normalized spacial score (nSPS) is 10.3. The first kappa shape index (κ1) is 13.7. The Bertz CT molecular complexity index is 634. The third-order valence-corrected chi connectivity index (χ3v) is 2.68. The first-order valence-corrected chi connectivity index (χ1v) is 6.07. The molecule has 8 heteroatoms. The smallest absolute Gasteiger partial charge is 0.277 e. The number of hydrogen-bond donors (Lipinski definition) is 0. The molecule has 0 saturated heterocycles. The van der Waals surface area contributed by atoms with E-state index in [2.05, 4.69) is 20.9 Å². The van der Waals surface area contributed by atoms with Gasteiger partial charge in [-0.2, -0.15) is 0 Å². The SMILES string of the molecule is O=[N+]([O-])c1cc(Cl)nc(Oc2cc(F)cc(Br)c2)c1. The van der Waals surface area contributed by atoms with Gasteiger partial charge < -0.3 is 4.74 Å². The molecule has 2 rings (SSSR count). The second kappa shape index (κ2) is 5.50. The van der Waals surface area contributed by atoms with Crippen LogP contribution >= 0.6 is 27.5 Å². The lowest BCUT2D eigenvalue weighted by molar-refractivity contribution is -0.385. The Morgan fingerprint density at radius 3 is 2.68 bits per heavy atom. The van der Waals surface area contributed by atoms with Gasteiger partial charge in [-0.3, -0.25) is 10.1 Å². The minimum Gasteiger partial charge on any atom is -0.439 e. The van der Waals surface area contributed by atoms with Gasteiger partial charge in [0.15, 0.2) is 0 Å². The Kier molecular flexibility index (Phi) is 3.96. The number of ether oxygens (including phenoxy) is 1. The Labute approximate surface area is 120 Å². The van der Waals surface area contributed by atoms with Gasteiger partial charge in [0.05, 0.1) is 17.1 Å². The summed E-state index contributed by atoms with van der Waals surface area (Å²) in [4.78, 5) is 13.8. The zero-order valence-corrected chi connectivity index (χ0v) is 11.5. The van der Waals surface area contributed by atoms with Gasteiger partial charge >= 0.3 is 0 Å². The largest absolute Gasteiger partial charge is 0.439 e. The van der Waals surface area contributed by atoms with Crippen LogP contribution in [0.1, 0.15) is 0 Å². The van der Waals surface area contributed by atoms with Crippen LogP contribution in [0.4, 0.5) is 10.1 Å². The first-order valence-electron chi connectivity index (χ1n) is 4.90. The molecule has 2 aromatic rings. The van der Waals surface area contributed by atoms with Crippen LogP contribution < -0.4 is 4.74 Å². The highest BCUT2D eigenvalue weighted by atomic mass is 79.9. The summed E-state index contributed by atoms with van der Waals surface area (Å²) in [5, 5.41) is 10.6. The summed E-state index contributed by atoms with van der Waals surface area (Å²) >= 11 is 8.75. The minimum atomic E-state index is -0.623. The fourth-order valence-corrected chi connectivity index (χ4v) is 1.97. The van der Waals surface area contributed by atoms with E-state index in [-0.39, 0.29) is 22.5 Å². The summed E-state index contributed by atoms with van der Waals surface area (Å²) in [6.07, 6.45) is 0. The highest BCUT2D eigenvalue weighted by Gasteiger charge is 2.12. The maximum absolute atomic E-state index is 13.2. The zero-order chi connectivity index (χ0) is 14.0. The number of rotatable bonds is 3. The summed E-state index contributed by atoms with van der Waals surface area (Å²) in [6, 6.07) is 6.07. The summed E-state index contributed by atoms with van der Waals surface area (Å²) in [5.74, 6) is -0.450. The van der Waals surface area contributed by atoms with E-state index in [1.54, 1.807) is 0 Å². The average molecular weight is 348 g/mol. The van der Waals surface area contributed by atoms with Crippen molar-refractivity contribution in [3.63, 3.8) is 0 Å². The number of benzene rings is 1. The second-order valence-electron chi connectivity index (χ2n) is 3.45. The van der Waals surface area contributed by atoms with Crippen LogP contribution in [-0.2, 0) is 0 Å². The zero-order valence-electron chi connectivity index (χ0n) is 9.14. The van der Waals surface area contributed by atoms with Crippen molar-refractivity contribution in [2.75, 3.05) is 0 Å². The molecule has 0 saturated carbocycles. The molecule has 0 radical (unpaired) electrons. The van der Waals surface area contributed by atoms with Gasteiger partial charge in [0.2, 0.25) is 5.88 Å². The minimum absolute atomic E-state index is 0.0836. The van der Waals surface area contributed by atoms with Crippen molar-refractivity contribution < 1.29 is 14.1 Å². The fourth-order valence-electron chi connectivity index (χ4n) is 1.33. The predicted molar refractivity (Wildman–Crippen MR) is 70.1 cm³/mol. The molecule has 0 spiro atoms. The monoisotopic (exact) mass is 346 g/mol. The molecule has 1 aromatic heterocycles. The number of aromatic nitrogens is 1. The molecule has 19 heavy (non-hydrogen) atoms. The molecule has 0 aliphatic heterocycles. The molecule has 0 N–H and O–H groups in total. The Hall–Kier alpha value is -1.73. The van der Waals surface area contributed by atoms with E-state index in [0.717, 1.165) is 18.2 Å². The third-order valence-electron chi connectivity index (χ3n) is 2.02. The van der Waals surface area contributed by atoms with Gasteiger partial charge in [0.25, 0.3) is 5.69 Å². The molecule has 0 unspecified atom stereocenters. The molecule has 1 heterocycles. The fraction of sp³-hybridized carbons (Fsp3) is 0. The molecular formula is C11H5BrClFN2O3. The molecule has 0 aliphatic carbocycles. The predicted octanol–water partition coefficient (Wildman–Crippen LogP) is 4.34. The van der Waals surface area contributed by atoms with Crippen LogP contribution in [0.5, 0.6) is 11.6 Å². The van der Waals surface area contributed by atoms with E-state index in [4.69, 9.17) is 16.3 Å². The molecule has 0 fully saturated rings. The van der Waals surface area contributed by atoms with Crippen molar-refractivity contribution >= 4 is 33.2 Å². The van der Waals surface area contributed by atoms with Crippen molar-refractivity contribution in [3.8, 4) is 11.6 Å². The van der Waals surface area contributed by atoms with Crippen LogP contribution in [0.25, 0.3) is 0 Å². The standard InChI is InChI=1S/C11H5BrClFN2O3/c12-6-1-7(14)3-9(2-6)19-11-5-8(16(17)18)4-10(13)15-11/h1-5H. The summed E-state index contributed by atoms with van der Waals surface area (Å²) in [6.45, 7) is 0. The van der Waals surface area contributed by atoms with E-state index in [1.807, 2.05) is 0 Å². The van der Waals surface area contributed by atoms with E-state index >= 15 is 0 Å². The van der Waals surface area contributed by atoms with Crippen molar-refractivity contribution in [1.82, 2.24) is 4.98 Å². The van der Waals surface area contributed by atoms with Crippen LogP contribution in [0, 0.1) is 15.9 Å². The summed E-state index contributed by atoms with van der Waals surface area (Å²) < 4.78 is 18.9.